The number of hydrogen-bond acceptors (Lipinski definition) is 4. The number of hydrogen-bond donors (Lipinski definition) is 3. The van der Waals surface area contributed by atoms with Crippen molar-refractivity contribution in [1.29, 1.82) is 0 Å². The third kappa shape index (κ3) is 7.67. The van der Waals surface area contributed by atoms with E-state index in [2.05, 4.69) is 32.1 Å². The van der Waals surface area contributed by atoms with Gasteiger partial charge in [-0.15, -0.1) is 0 Å². The second-order valence-electron chi connectivity index (χ2n) is 5.37. The molecule has 3 N–H and O–H groups in total. The molecule has 0 spiro atoms. The van der Waals surface area contributed by atoms with Crippen LogP contribution in [0.15, 0.2) is 53.0 Å². The van der Waals surface area contributed by atoms with Gasteiger partial charge in [0.15, 0.2) is 6.61 Å². The van der Waals surface area contributed by atoms with E-state index in [4.69, 9.17) is 16.3 Å². The van der Waals surface area contributed by atoms with Crippen molar-refractivity contribution < 1.29 is 19.1 Å². The minimum absolute atomic E-state index is 0.00911. The molecule has 0 saturated heterocycles. The number of rotatable bonds is 7. The van der Waals surface area contributed by atoms with Gasteiger partial charge >= 0.3 is 0 Å². The summed E-state index contributed by atoms with van der Waals surface area (Å²) in [6.07, 6.45) is -0.0760. The standard InChI is InChI=1S/C18H17BrClN3O4/c19-14-10-12(20)6-7-15(14)27-11-18(26)23-22-17(25)9-8-16(24)21-13-4-2-1-3-5-13/h1-7,10H,8-9,11H2,(H,21,24)(H,22,25)(H,23,26). The summed E-state index contributed by atoms with van der Waals surface area (Å²) in [5, 5.41) is 3.20. The fourth-order valence-electron chi connectivity index (χ4n) is 1.95. The molecule has 0 fully saturated rings. The van der Waals surface area contributed by atoms with Gasteiger partial charge in [-0.2, -0.15) is 0 Å². The van der Waals surface area contributed by atoms with Gasteiger partial charge in [0.05, 0.1) is 4.47 Å². The van der Waals surface area contributed by atoms with Crippen molar-refractivity contribution in [2.45, 2.75) is 12.8 Å². The molecule has 2 aromatic rings. The Kier molecular flexibility index (Phi) is 8.09. The number of nitrogens with one attached hydrogen (secondary N) is 3. The first-order valence-electron chi connectivity index (χ1n) is 7.94. The average molecular weight is 455 g/mol. The molecule has 9 heteroatoms. The van der Waals surface area contributed by atoms with Crippen LogP contribution in [0.2, 0.25) is 5.02 Å². The van der Waals surface area contributed by atoms with Crippen molar-refractivity contribution in [3.05, 3.63) is 58.0 Å². The number of carbonyl (C=O) groups excluding carboxylic acids is 3. The minimum atomic E-state index is -0.543. The number of hydrazine groups is 1. The highest BCUT2D eigenvalue weighted by atomic mass is 79.9. The van der Waals surface area contributed by atoms with Crippen LogP contribution in [0.5, 0.6) is 5.75 Å². The Balaban J connectivity index is 1.64. The summed E-state index contributed by atoms with van der Waals surface area (Å²) in [6.45, 7) is -0.297. The molecule has 0 radical (unpaired) electrons. The predicted molar refractivity (Wildman–Crippen MR) is 105 cm³/mol. The van der Waals surface area contributed by atoms with Crippen molar-refractivity contribution in [3.8, 4) is 5.75 Å². The molecule has 7 nitrogen and oxygen atoms in total. The van der Waals surface area contributed by atoms with Crippen LogP contribution in [0.4, 0.5) is 5.69 Å². The highest BCUT2D eigenvalue weighted by Gasteiger charge is 2.10. The summed E-state index contributed by atoms with van der Waals surface area (Å²) in [5.41, 5.74) is 5.11. The van der Waals surface area contributed by atoms with E-state index in [0.29, 0.717) is 20.9 Å². The van der Waals surface area contributed by atoms with E-state index in [1.807, 2.05) is 6.07 Å². The highest BCUT2D eigenvalue weighted by Crippen LogP contribution is 2.27. The normalized spacial score (nSPS) is 10.0. The summed E-state index contributed by atoms with van der Waals surface area (Å²) in [5.74, 6) is -0.879. The predicted octanol–water partition coefficient (Wildman–Crippen LogP) is 3.05. The smallest absolute Gasteiger partial charge is 0.276 e. The van der Waals surface area contributed by atoms with Gasteiger partial charge in [-0.05, 0) is 46.3 Å². The van der Waals surface area contributed by atoms with E-state index in [1.165, 1.54) is 0 Å². The molecule has 2 aromatic carbocycles. The Morgan fingerprint density at radius 2 is 1.59 bits per heavy atom. The maximum Gasteiger partial charge on any atom is 0.276 e. The van der Waals surface area contributed by atoms with Crippen LogP contribution in [-0.4, -0.2) is 24.3 Å². The van der Waals surface area contributed by atoms with Crippen LogP contribution in [0.1, 0.15) is 12.8 Å². The van der Waals surface area contributed by atoms with Crippen LogP contribution < -0.4 is 20.9 Å². The number of halogens is 2. The molecule has 0 heterocycles. The Morgan fingerprint density at radius 1 is 0.926 bits per heavy atom. The van der Waals surface area contributed by atoms with Gasteiger partial charge in [0.2, 0.25) is 11.8 Å². The van der Waals surface area contributed by atoms with Crippen molar-refractivity contribution in [2.24, 2.45) is 0 Å². The van der Waals surface area contributed by atoms with Crippen LogP contribution >= 0.6 is 27.5 Å². The lowest BCUT2D eigenvalue weighted by molar-refractivity contribution is -0.130. The molecular formula is C18H17BrClN3O4. The van der Waals surface area contributed by atoms with Crippen LogP contribution in [0, 0.1) is 0 Å². The topological polar surface area (TPSA) is 96.5 Å². The molecule has 0 unspecified atom stereocenters. The van der Waals surface area contributed by atoms with E-state index >= 15 is 0 Å². The second kappa shape index (κ2) is 10.5. The molecule has 3 amide bonds. The molecule has 2 rings (SSSR count). The van der Waals surface area contributed by atoms with E-state index in [0.717, 1.165) is 0 Å². The number of benzene rings is 2. The molecule has 0 aliphatic heterocycles. The summed E-state index contributed by atoms with van der Waals surface area (Å²) in [7, 11) is 0. The van der Waals surface area contributed by atoms with Crippen LogP contribution in [0.25, 0.3) is 0 Å². The molecule has 0 atom stereocenters. The number of ether oxygens (including phenoxy) is 1. The number of para-hydroxylation sites is 1. The quantitative estimate of drug-likeness (QED) is 0.560. The number of amides is 3. The Bertz CT molecular complexity index is 818. The van der Waals surface area contributed by atoms with Gasteiger partial charge in [-0.3, -0.25) is 25.2 Å². The number of carbonyl (C=O) groups is 3. The zero-order chi connectivity index (χ0) is 19.6. The molecule has 27 heavy (non-hydrogen) atoms. The summed E-state index contributed by atoms with van der Waals surface area (Å²) >= 11 is 9.09. The molecule has 0 aliphatic carbocycles. The monoisotopic (exact) mass is 453 g/mol. The van der Waals surface area contributed by atoms with Gasteiger partial charge in [-0.25, -0.2) is 0 Å². The SMILES string of the molecule is O=C(CCC(=O)Nc1ccccc1)NNC(=O)COc1ccc(Cl)cc1Br. The Morgan fingerprint density at radius 3 is 2.30 bits per heavy atom. The van der Waals surface area contributed by atoms with Gasteiger partial charge in [0, 0.05) is 23.6 Å². The summed E-state index contributed by atoms with van der Waals surface area (Å²) < 4.78 is 5.93. The van der Waals surface area contributed by atoms with Crippen molar-refractivity contribution in [2.75, 3.05) is 11.9 Å². The molecule has 0 bridgehead atoms. The lowest BCUT2D eigenvalue weighted by Gasteiger charge is -2.10. The van der Waals surface area contributed by atoms with Gasteiger partial charge in [0.1, 0.15) is 5.75 Å². The molecule has 0 aromatic heterocycles. The third-order valence-electron chi connectivity index (χ3n) is 3.23. The summed E-state index contributed by atoms with van der Waals surface area (Å²) in [4.78, 5) is 35.2. The zero-order valence-corrected chi connectivity index (χ0v) is 16.5. The van der Waals surface area contributed by atoms with Crippen LogP contribution in [0.3, 0.4) is 0 Å². The fourth-order valence-corrected chi connectivity index (χ4v) is 2.74. The molecular weight excluding hydrogens is 438 g/mol. The molecule has 0 saturated carbocycles. The van der Waals surface area contributed by atoms with E-state index in [1.54, 1.807) is 42.5 Å². The van der Waals surface area contributed by atoms with E-state index in [9.17, 15) is 14.4 Å². The van der Waals surface area contributed by atoms with Crippen molar-refractivity contribution in [1.82, 2.24) is 10.9 Å². The Labute approximate surface area is 169 Å². The lowest BCUT2D eigenvalue weighted by atomic mass is 10.2. The van der Waals surface area contributed by atoms with Gasteiger partial charge in [0.25, 0.3) is 5.91 Å². The largest absolute Gasteiger partial charge is 0.483 e. The first kappa shape index (κ1) is 20.7. The molecule has 142 valence electrons. The highest BCUT2D eigenvalue weighted by molar-refractivity contribution is 9.10. The first-order valence-corrected chi connectivity index (χ1v) is 9.11. The maximum atomic E-state index is 11.8. The average Bonchev–Trinajstić information content (AvgIpc) is 2.65. The van der Waals surface area contributed by atoms with E-state index < -0.39 is 11.8 Å². The molecule has 0 aliphatic rings. The van der Waals surface area contributed by atoms with Gasteiger partial charge < -0.3 is 10.1 Å². The van der Waals surface area contributed by atoms with Crippen LogP contribution in [-0.2, 0) is 14.4 Å². The van der Waals surface area contributed by atoms with Gasteiger partial charge in [-0.1, -0.05) is 29.8 Å². The second-order valence-corrected chi connectivity index (χ2v) is 6.66. The summed E-state index contributed by atoms with van der Waals surface area (Å²) in [6, 6.07) is 13.8. The third-order valence-corrected chi connectivity index (χ3v) is 4.09. The Hall–Kier alpha value is -2.58. The minimum Gasteiger partial charge on any atom is -0.483 e. The van der Waals surface area contributed by atoms with E-state index in [-0.39, 0.29) is 25.4 Å². The first-order chi connectivity index (χ1) is 12.9. The fraction of sp³-hybridized carbons (Fsp3) is 0.167. The van der Waals surface area contributed by atoms with Crippen molar-refractivity contribution in [3.63, 3.8) is 0 Å². The maximum absolute atomic E-state index is 11.8. The van der Waals surface area contributed by atoms with Crippen molar-refractivity contribution >= 4 is 50.9 Å². The number of anilines is 1. The zero-order valence-electron chi connectivity index (χ0n) is 14.1. The lowest BCUT2D eigenvalue weighted by Crippen LogP contribution is -2.44.